The highest BCUT2D eigenvalue weighted by Crippen LogP contribution is 2.32. The zero-order valence-corrected chi connectivity index (χ0v) is 18.4. The summed E-state index contributed by atoms with van der Waals surface area (Å²) in [7, 11) is 3.37. The number of hydrogen-bond acceptors (Lipinski definition) is 4. The summed E-state index contributed by atoms with van der Waals surface area (Å²) in [4.78, 5) is 2.36. The molecule has 4 heteroatoms. The third kappa shape index (κ3) is 6.63. The smallest absolute Gasteiger partial charge is 0.166 e. The maximum absolute atomic E-state index is 6.22. The van der Waals surface area contributed by atoms with Crippen molar-refractivity contribution in [2.75, 3.05) is 27.3 Å². The van der Waals surface area contributed by atoms with Gasteiger partial charge in [0.1, 0.15) is 12.4 Å². The summed E-state index contributed by atoms with van der Waals surface area (Å²) in [6.45, 7) is 6.90. The normalized spacial score (nSPS) is 10.7. The van der Waals surface area contributed by atoms with Crippen LogP contribution >= 0.6 is 0 Å². The number of para-hydroxylation sites is 1. The fourth-order valence-corrected chi connectivity index (χ4v) is 3.48. The molecule has 0 unspecified atom stereocenters. The van der Waals surface area contributed by atoms with Crippen LogP contribution in [0.1, 0.15) is 16.7 Å². The first-order valence-electron chi connectivity index (χ1n) is 10.5. The Labute approximate surface area is 185 Å². The summed E-state index contributed by atoms with van der Waals surface area (Å²) in [6.07, 6.45) is 2.89. The maximum atomic E-state index is 6.22. The van der Waals surface area contributed by atoms with E-state index in [0.717, 1.165) is 54.4 Å². The highest BCUT2D eigenvalue weighted by molar-refractivity contribution is 5.46. The van der Waals surface area contributed by atoms with E-state index in [1.807, 2.05) is 48.5 Å². The van der Waals surface area contributed by atoms with Gasteiger partial charge in [0.25, 0.3) is 0 Å². The van der Waals surface area contributed by atoms with Gasteiger partial charge in [0.05, 0.1) is 14.2 Å². The predicted molar refractivity (Wildman–Crippen MR) is 126 cm³/mol. The zero-order valence-electron chi connectivity index (χ0n) is 18.4. The number of hydrogen-bond donors (Lipinski definition) is 0. The van der Waals surface area contributed by atoms with Gasteiger partial charge >= 0.3 is 0 Å². The molecule has 0 atom stereocenters. The molecule has 162 valence electrons. The minimum atomic E-state index is 0.502. The first-order chi connectivity index (χ1) is 15.2. The standard InChI is InChI=1S/C27H31NO3/c1-4-18-28(19-17-22-13-15-25(29-2)16-14-22)20-24-11-8-12-26(30-3)27(24)31-21-23-9-6-5-7-10-23/h4-16H,1,17-21H2,2-3H3. The minimum Gasteiger partial charge on any atom is -0.497 e. The van der Waals surface area contributed by atoms with Gasteiger partial charge in [-0.15, -0.1) is 6.58 Å². The van der Waals surface area contributed by atoms with Crippen LogP contribution in [0.25, 0.3) is 0 Å². The van der Waals surface area contributed by atoms with E-state index in [4.69, 9.17) is 14.2 Å². The number of rotatable bonds is 12. The molecule has 0 N–H and O–H groups in total. The first kappa shape index (κ1) is 22.4. The Morgan fingerprint density at radius 3 is 2.29 bits per heavy atom. The minimum absolute atomic E-state index is 0.502. The number of benzene rings is 3. The van der Waals surface area contributed by atoms with E-state index in [0.29, 0.717) is 6.61 Å². The number of methoxy groups -OCH3 is 2. The van der Waals surface area contributed by atoms with E-state index in [1.165, 1.54) is 5.56 Å². The highest BCUT2D eigenvalue weighted by Gasteiger charge is 2.14. The molecule has 3 aromatic carbocycles. The third-order valence-electron chi connectivity index (χ3n) is 5.16. The van der Waals surface area contributed by atoms with Crippen molar-refractivity contribution in [1.82, 2.24) is 4.90 Å². The Hall–Kier alpha value is -3.24. The molecule has 0 radical (unpaired) electrons. The third-order valence-corrected chi connectivity index (χ3v) is 5.16. The van der Waals surface area contributed by atoms with E-state index < -0.39 is 0 Å². The molecule has 0 fully saturated rings. The number of ether oxygens (including phenoxy) is 3. The lowest BCUT2D eigenvalue weighted by Crippen LogP contribution is -2.26. The molecule has 3 rings (SSSR count). The second kappa shape index (κ2) is 11.8. The van der Waals surface area contributed by atoms with E-state index in [2.05, 4.69) is 41.8 Å². The Balaban J connectivity index is 1.71. The average molecular weight is 418 g/mol. The second-order valence-electron chi connectivity index (χ2n) is 7.34. The maximum Gasteiger partial charge on any atom is 0.166 e. The van der Waals surface area contributed by atoms with Crippen molar-refractivity contribution >= 4 is 0 Å². The van der Waals surface area contributed by atoms with Crippen LogP contribution in [-0.2, 0) is 19.6 Å². The van der Waals surface area contributed by atoms with Crippen LogP contribution in [0.4, 0.5) is 0 Å². The molecule has 0 saturated heterocycles. The molecule has 0 bridgehead atoms. The lowest BCUT2D eigenvalue weighted by molar-refractivity contribution is 0.262. The molecular weight excluding hydrogens is 386 g/mol. The molecular formula is C27H31NO3. The van der Waals surface area contributed by atoms with Crippen LogP contribution in [0.15, 0.2) is 85.5 Å². The lowest BCUT2D eigenvalue weighted by atomic mass is 10.1. The molecule has 0 spiro atoms. The van der Waals surface area contributed by atoms with Crippen molar-refractivity contribution in [1.29, 1.82) is 0 Å². The average Bonchev–Trinajstić information content (AvgIpc) is 2.82. The van der Waals surface area contributed by atoms with Crippen molar-refractivity contribution in [3.05, 3.63) is 102 Å². The van der Waals surface area contributed by atoms with Gasteiger partial charge in [-0.05, 0) is 35.7 Å². The summed E-state index contributed by atoms with van der Waals surface area (Å²) in [6, 6.07) is 24.5. The van der Waals surface area contributed by atoms with E-state index in [1.54, 1.807) is 14.2 Å². The topological polar surface area (TPSA) is 30.9 Å². The monoisotopic (exact) mass is 417 g/mol. The summed E-state index contributed by atoms with van der Waals surface area (Å²) in [5.74, 6) is 2.43. The molecule has 4 nitrogen and oxygen atoms in total. The Morgan fingerprint density at radius 2 is 1.61 bits per heavy atom. The number of nitrogens with zero attached hydrogens (tertiary/aromatic N) is 1. The molecule has 0 saturated carbocycles. The first-order valence-corrected chi connectivity index (χ1v) is 10.5. The van der Waals surface area contributed by atoms with Gasteiger partial charge in [0.15, 0.2) is 11.5 Å². The lowest BCUT2D eigenvalue weighted by Gasteiger charge is -2.23. The van der Waals surface area contributed by atoms with Crippen molar-refractivity contribution in [3.63, 3.8) is 0 Å². The SMILES string of the molecule is C=CCN(CCc1ccc(OC)cc1)Cc1cccc(OC)c1OCc1ccccc1. The van der Waals surface area contributed by atoms with E-state index in [-0.39, 0.29) is 0 Å². The van der Waals surface area contributed by atoms with Gasteiger partial charge in [-0.1, -0.05) is 60.7 Å². The predicted octanol–water partition coefficient (Wildman–Crippen LogP) is 5.51. The van der Waals surface area contributed by atoms with Crippen molar-refractivity contribution in [2.45, 2.75) is 19.6 Å². The molecule has 0 aliphatic rings. The van der Waals surface area contributed by atoms with Gasteiger partial charge < -0.3 is 14.2 Å². The zero-order chi connectivity index (χ0) is 21.9. The van der Waals surface area contributed by atoms with Crippen molar-refractivity contribution < 1.29 is 14.2 Å². The van der Waals surface area contributed by atoms with Crippen LogP contribution in [0.3, 0.4) is 0 Å². The van der Waals surface area contributed by atoms with E-state index in [9.17, 15) is 0 Å². The van der Waals surface area contributed by atoms with E-state index >= 15 is 0 Å². The van der Waals surface area contributed by atoms with Gasteiger partial charge in [0, 0.05) is 25.2 Å². The molecule has 0 amide bonds. The van der Waals surface area contributed by atoms with Gasteiger partial charge in [0.2, 0.25) is 0 Å². The largest absolute Gasteiger partial charge is 0.497 e. The van der Waals surface area contributed by atoms with Gasteiger partial charge in [-0.3, -0.25) is 4.90 Å². The molecule has 31 heavy (non-hydrogen) atoms. The second-order valence-corrected chi connectivity index (χ2v) is 7.34. The summed E-state index contributed by atoms with van der Waals surface area (Å²) < 4.78 is 17.1. The molecule has 0 aromatic heterocycles. The van der Waals surface area contributed by atoms with Gasteiger partial charge in [-0.25, -0.2) is 0 Å². The van der Waals surface area contributed by atoms with Crippen LogP contribution in [0, 0.1) is 0 Å². The van der Waals surface area contributed by atoms with Crippen LogP contribution in [0.5, 0.6) is 17.2 Å². The molecule has 0 aliphatic carbocycles. The Bertz CT molecular complexity index is 938. The van der Waals surface area contributed by atoms with Crippen LogP contribution in [0.2, 0.25) is 0 Å². The van der Waals surface area contributed by atoms with Crippen molar-refractivity contribution in [2.24, 2.45) is 0 Å². The molecule has 0 heterocycles. The molecule has 0 aliphatic heterocycles. The van der Waals surface area contributed by atoms with Gasteiger partial charge in [-0.2, -0.15) is 0 Å². The van der Waals surface area contributed by atoms with Crippen molar-refractivity contribution in [3.8, 4) is 17.2 Å². The summed E-state index contributed by atoms with van der Waals surface area (Å²) >= 11 is 0. The van der Waals surface area contributed by atoms with Crippen LogP contribution < -0.4 is 14.2 Å². The summed E-state index contributed by atoms with van der Waals surface area (Å²) in [5.41, 5.74) is 3.51. The molecule has 3 aromatic rings. The van der Waals surface area contributed by atoms with Crippen LogP contribution in [-0.4, -0.2) is 32.2 Å². The quantitative estimate of drug-likeness (QED) is 0.364. The highest BCUT2D eigenvalue weighted by atomic mass is 16.5. The summed E-state index contributed by atoms with van der Waals surface area (Å²) in [5, 5.41) is 0. The fraction of sp³-hybridized carbons (Fsp3) is 0.259. The fourth-order valence-electron chi connectivity index (χ4n) is 3.48. The Kier molecular flexibility index (Phi) is 8.56. The Morgan fingerprint density at radius 1 is 0.839 bits per heavy atom.